The van der Waals surface area contributed by atoms with Gasteiger partial charge in [0.15, 0.2) is 11.5 Å². The highest BCUT2D eigenvalue weighted by atomic mass is 32.1. The summed E-state index contributed by atoms with van der Waals surface area (Å²) >= 11 is 1.83. The van der Waals surface area contributed by atoms with Gasteiger partial charge >= 0.3 is 0 Å². The summed E-state index contributed by atoms with van der Waals surface area (Å²) in [6.07, 6.45) is 0.965. The van der Waals surface area contributed by atoms with Gasteiger partial charge in [0.25, 0.3) is 0 Å². The van der Waals surface area contributed by atoms with Gasteiger partial charge < -0.3 is 20.5 Å². The third kappa shape index (κ3) is 3.82. The van der Waals surface area contributed by atoms with Crippen LogP contribution in [0.1, 0.15) is 16.7 Å². The minimum Gasteiger partial charge on any atom is -0.493 e. The highest BCUT2D eigenvalue weighted by molar-refractivity contribution is 7.11. The van der Waals surface area contributed by atoms with Crippen molar-refractivity contribution in [1.82, 2.24) is 0 Å². The number of aryl methyl sites for hydroxylation is 1. The van der Waals surface area contributed by atoms with Crippen LogP contribution in [0, 0.1) is 6.92 Å². The Kier molecular flexibility index (Phi) is 4.96. The highest BCUT2D eigenvalue weighted by Gasteiger charge is 2.12. The molecule has 0 fully saturated rings. The van der Waals surface area contributed by atoms with Crippen LogP contribution in [-0.4, -0.2) is 20.3 Å². The normalized spacial score (nSPS) is 12.0. The average Bonchev–Trinajstić information content (AvgIpc) is 2.85. The Bertz CT molecular complexity index is 610. The zero-order chi connectivity index (χ0) is 15.4. The molecule has 5 heteroatoms. The van der Waals surface area contributed by atoms with E-state index in [-0.39, 0.29) is 6.04 Å². The van der Waals surface area contributed by atoms with E-state index in [2.05, 4.69) is 31.3 Å². The molecular weight excluding hydrogens is 284 g/mol. The Morgan fingerprint density at radius 2 is 1.86 bits per heavy atom. The first kappa shape index (κ1) is 15.5. The Hall–Kier alpha value is -1.88. The Labute approximate surface area is 129 Å². The lowest BCUT2D eigenvalue weighted by atomic mass is 10.1. The molecule has 0 spiro atoms. The lowest BCUT2D eigenvalue weighted by Crippen LogP contribution is -2.18. The maximum atomic E-state index is 6.07. The molecular formula is C16H22N2O2S. The average molecular weight is 306 g/mol. The molecule has 2 aromatic rings. The highest BCUT2D eigenvalue weighted by Crippen LogP contribution is 2.35. The first-order valence-corrected chi connectivity index (χ1v) is 7.68. The first-order valence-electron chi connectivity index (χ1n) is 6.86. The van der Waals surface area contributed by atoms with Crippen molar-refractivity contribution in [2.75, 3.05) is 25.3 Å². The summed E-state index contributed by atoms with van der Waals surface area (Å²) in [5.41, 5.74) is 7.59. The van der Waals surface area contributed by atoms with Crippen LogP contribution < -0.4 is 20.5 Å². The van der Waals surface area contributed by atoms with Gasteiger partial charge in [-0.2, -0.15) is 0 Å². The van der Waals surface area contributed by atoms with Crippen molar-refractivity contribution >= 4 is 22.7 Å². The second-order valence-electron chi connectivity index (χ2n) is 5.06. The van der Waals surface area contributed by atoms with Gasteiger partial charge in [-0.05, 0) is 26.0 Å². The third-order valence-electron chi connectivity index (χ3n) is 3.26. The van der Waals surface area contributed by atoms with E-state index in [1.807, 2.05) is 17.4 Å². The van der Waals surface area contributed by atoms with Gasteiger partial charge in [-0.15, -0.1) is 11.3 Å². The van der Waals surface area contributed by atoms with Crippen LogP contribution in [0.3, 0.4) is 0 Å². The number of nitrogens with two attached hydrogens (primary N) is 1. The first-order chi connectivity index (χ1) is 10.0. The number of nitrogen functional groups attached to an aromatic ring is 1. The van der Waals surface area contributed by atoms with Crippen LogP contribution in [0.5, 0.6) is 11.5 Å². The van der Waals surface area contributed by atoms with Gasteiger partial charge in [0, 0.05) is 34.3 Å². The molecule has 1 aromatic heterocycles. The number of ether oxygens (including phenoxy) is 2. The van der Waals surface area contributed by atoms with Crippen molar-refractivity contribution < 1.29 is 9.47 Å². The Morgan fingerprint density at radius 1 is 1.19 bits per heavy atom. The van der Waals surface area contributed by atoms with E-state index in [9.17, 15) is 0 Å². The fourth-order valence-electron chi connectivity index (χ4n) is 2.23. The fraction of sp³-hybridized carbons (Fsp3) is 0.375. The molecule has 0 aliphatic rings. The lowest BCUT2D eigenvalue weighted by Gasteiger charge is -2.18. The van der Waals surface area contributed by atoms with Gasteiger partial charge in [0.05, 0.1) is 25.6 Å². The largest absolute Gasteiger partial charge is 0.493 e. The van der Waals surface area contributed by atoms with Crippen molar-refractivity contribution in [3.8, 4) is 11.5 Å². The van der Waals surface area contributed by atoms with Crippen molar-refractivity contribution in [2.45, 2.75) is 26.3 Å². The summed E-state index contributed by atoms with van der Waals surface area (Å²) < 4.78 is 10.6. The molecule has 0 radical (unpaired) electrons. The molecule has 1 aromatic carbocycles. The molecule has 0 amide bonds. The molecule has 0 saturated heterocycles. The number of rotatable bonds is 6. The maximum Gasteiger partial charge on any atom is 0.162 e. The van der Waals surface area contributed by atoms with Crippen LogP contribution in [0.25, 0.3) is 0 Å². The summed E-state index contributed by atoms with van der Waals surface area (Å²) in [6, 6.07) is 8.27. The van der Waals surface area contributed by atoms with E-state index in [1.54, 1.807) is 20.3 Å². The smallest absolute Gasteiger partial charge is 0.162 e. The van der Waals surface area contributed by atoms with E-state index in [0.29, 0.717) is 17.2 Å². The monoisotopic (exact) mass is 306 g/mol. The van der Waals surface area contributed by atoms with E-state index in [1.165, 1.54) is 9.75 Å². The summed E-state index contributed by atoms with van der Waals surface area (Å²) in [4.78, 5) is 2.70. The minimum atomic E-state index is 0.281. The number of hydrogen-bond donors (Lipinski definition) is 2. The second-order valence-corrected chi connectivity index (χ2v) is 6.43. The van der Waals surface area contributed by atoms with Crippen LogP contribution in [0.15, 0.2) is 24.3 Å². The van der Waals surface area contributed by atoms with Crippen LogP contribution in [0.4, 0.5) is 11.4 Å². The summed E-state index contributed by atoms with van der Waals surface area (Å²) in [5, 5.41) is 3.44. The zero-order valence-electron chi connectivity index (χ0n) is 12.9. The molecule has 1 heterocycles. The number of benzene rings is 1. The standard InChI is InChI=1S/C16H22N2O2S/c1-10(7-12-6-5-11(2)21-12)18-14-9-16(20-4)15(19-3)8-13(14)17/h5-6,8-10,18H,7,17H2,1-4H3. The molecule has 3 N–H and O–H groups in total. The van der Waals surface area contributed by atoms with E-state index in [4.69, 9.17) is 15.2 Å². The van der Waals surface area contributed by atoms with Gasteiger partial charge in [-0.25, -0.2) is 0 Å². The molecule has 0 aliphatic heterocycles. The number of thiophene rings is 1. The fourth-order valence-corrected chi connectivity index (χ4v) is 3.25. The minimum absolute atomic E-state index is 0.281. The number of anilines is 2. The topological polar surface area (TPSA) is 56.5 Å². The predicted molar refractivity (Wildman–Crippen MR) is 89.8 cm³/mol. The molecule has 1 unspecified atom stereocenters. The molecule has 2 rings (SSSR count). The van der Waals surface area contributed by atoms with Gasteiger partial charge in [0.1, 0.15) is 0 Å². The quantitative estimate of drug-likeness (QED) is 0.799. The molecule has 1 atom stereocenters. The lowest BCUT2D eigenvalue weighted by molar-refractivity contribution is 0.355. The van der Waals surface area contributed by atoms with Crippen LogP contribution in [0.2, 0.25) is 0 Å². The molecule has 0 bridgehead atoms. The predicted octanol–water partition coefficient (Wildman–Crippen LogP) is 3.70. The molecule has 4 nitrogen and oxygen atoms in total. The van der Waals surface area contributed by atoms with Gasteiger partial charge in [-0.1, -0.05) is 0 Å². The second kappa shape index (κ2) is 6.72. The maximum absolute atomic E-state index is 6.07. The zero-order valence-corrected chi connectivity index (χ0v) is 13.7. The van der Waals surface area contributed by atoms with Crippen molar-refractivity contribution in [2.24, 2.45) is 0 Å². The molecule has 0 saturated carbocycles. The SMILES string of the molecule is COc1cc(N)c(NC(C)Cc2ccc(C)s2)cc1OC. The van der Waals surface area contributed by atoms with E-state index < -0.39 is 0 Å². The number of methoxy groups -OCH3 is 2. The summed E-state index contributed by atoms with van der Waals surface area (Å²) in [6.45, 7) is 4.27. The number of nitrogens with one attached hydrogen (secondary N) is 1. The molecule has 21 heavy (non-hydrogen) atoms. The summed E-state index contributed by atoms with van der Waals surface area (Å²) in [5.74, 6) is 1.32. The van der Waals surface area contributed by atoms with Crippen molar-refractivity contribution in [3.63, 3.8) is 0 Å². The van der Waals surface area contributed by atoms with Crippen LogP contribution in [-0.2, 0) is 6.42 Å². The van der Waals surface area contributed by atoms with Gasteiger partial charge in [0.2, 0.25) is 0 Å². The van der Waals surface area contributed by atoms with Crippen molar-refractivity contribution in [1.29, 1.82) is 0 Å². The Balaban J connectivity index is 2.11. The molecule has 0 aliphatic carbocycles. The van der Waals surface area contributed by atoms with Crippen LogP contribution >= 0.6 is 11.3 Å². The number of hydrogen-bond acceptors (Lipinski definition) is 5. The summed E-state index contributed by atoms with van der Waals surface area (Å²) in [7, 11) is 3.22. The third-order valence-corrected chi connectivity index (χ3v) is 4.28. The molecule has 114 valence electrons. The van der Waals surface area contributed by atoms with Gasteiger partial charge in [-0.3, -0.25) is 0 Å². The van der Waals surface area contributed by atoms with Crippen molar-refractivity contribution in [3.05, 3.63) is 34.0 Å². The van der Waals surface area contributed by atoms with E-state index >= 15 is 0 Å². The van der Waals surface area contributed by atoms with E-state index in [0.717, 1.165) is 12.1 Å². The Morgan fingerprint density at radius 3 is 2.43 bits per heavy atom.